The number of ether oxygens (including phenoxy) is 1. The lowest BCUT2D eigenvalue weighted by Crippen LogP contribution is -2.04. The van der Waals surface area contributed by atoms with Gasteiger partial charge in [0.25, 0.3) is 0 Å². The quantitative estimate of drug-likeness (QED) is 0.603. The fourth-order valence-electron chi connectivity index (χ4n) is 2.58. The van der Waals surface area contributed by atoms with E-state index in [1.165, 1.54) is 17.5 Å². The van der Waals surface area contributed by atoms with Crippen molar-refractivity contribution in [3.63, 3.8) is 0 Å². The summed E-state index contributed by atoms with van der Waals surface area (Å²) in [7, 11) is 3.32. The first-order valence-corrected chi connectivity index (χ1v) is 9.49. The molecule has 0 saturated carbocycles. The smallest absolute Gasteiger partial charge is 0.236 e. The molecule has 19 heavy (non-hydrogen) atoms. The minimum atomic E-state index is -3.59. The fraction of sp³-hybridized carbons (Fsp3) is 0.538. The fourth-order valence-corrected chi connectivity index (χ4v) is 4.39. The van der Waals surface area contributed by atoms with Crippen molar-refractivity contribution in [2.75, 3.05) is 7.11 Å². The Hall–Kier alpha value is -0.260. The van der Waals surface area contributed by atoms with Crippen LogP contribution in [0.5, 0.6) is 5.75 Å². The van der Waals surface area contributed by atoms with Crippen molar-refractivity contribution in [1.29, 1.82) is 0 Å². The number of methoxy groups -OCH3 is 1. The van der Waals surface area contributed by atoms with Crippen LogP contribution in [0, 0.1) is 0 Å². The van der Waals surface area contributed by atoms with E-state index in [-0.39, 0.29) is 5.75 Å². The second-order valence-corrected chi connectivity index (χ2v) is 8.33. The standard InChI is InChI=1S/C13H16BrClO3S/c1-18-13-10(8-19(15,16)17)7-9-5-3-2-4-6-11(9)12(13)14/h7H,2-6,8H2,1H3. The maximum atomic E-state index is 11.3. The number of halogens is 2. The Morgan fingerprint density at radius 1 is 1.32 bits per heavy atom. The summed E-state index contributed by atoms with van der Waals surface area (Å²) >= 11 is 3.56. The molecule has 0 fully saturated rings. The summed E-state index contributed by atoms with van der Waals surface area (Å²) in [6.07, 6.45) is 5.47. The van der Waals surface area contributed by atoms with E-state index < -0.39 is 9.05 Å². The highest BCUT2D eigenvalue weighted by Gasteiger charge is 2.21. The van der Waals surface area contributed by atoms with Crippen LogP contribution in [0.2, 0.25) is 0 Å². The molecule has 0 atom stereocenters. The molecule has 0 saturated heterocycles. The van der Waals surface area contributed by atoms with Crippen molar-refractivity contribution in [3.8, 4) is 5.75 Å². The second-order valence-electron chi connectivity index (χ2n) is 4.76. The zero-order chi connectivity index (χ0) is 14.0. The number of rotatable bonds is 3. The molecule has 0 spiro atoms. The molecule has 0 aliphatic heterocycles. The summed E-state index contributed by atoms with van der Waals surface area (Å²) in [5.74, 6) is 0.383. The predicted molar refractivity (Wildman–Crippen MR) is 80.4 cm³/mol. The first-order chi connectivity index (χ1) is 8.92. The van der Waals surface area contributed by atoms with Crippen molar-refractivity contribution in [3.05, 3.63) is 27.2 Å². The van der Waals surface area contributed by atoms with Gasteiger partial charge in [0, 0.05) is 16.2 Å². The summed E-state index contributed by atoms with van der Waals surface area (Å²) in [5, 5.41) is 0. The summed E-state index contributed by atoms with van der Waals surface area (Å²) < 4.78 is 28.9. The van der Waals surface area contributed by atoms with Gasteiger partial charge in [-0.2, -0.15) is 0 Å². The highest BCUT2D eigenvalue weighted by Crippen LogP contribution is 2.38. The van der Waals surface area contributed by atoms with Crippen LogP contribution in [0.3, 0.4) is 0 Å². The maximum Gasteiger partial charge on any atom is 0.236 e. The lowest BCUT2D eigenvalue weighted by molar-refractivity contribution is 0.407. The molecule has 0 N–H and O–H groups in total. The highest BCUT2D eigenvalue weighted by atomic mass is 79.9. The van der Waals surface area contributed by atoms with E-state index in [0.717, 1.165) is 30.2 Å². The average Bonchev–Trinajstić information content (AvgIpc) is 2.52. The Balaban J connectivity index is 2.55. The van der Waals surface area contributed by atoms with E-state index in [9.17, 15) is 8.42 Å². The van der Waals surface area contributed by atoms with Gasteiger partial charge in [-0.05, 0) is 52.7 Å². The minimum Gasteiger partial charge on any atom is -0.495 e. The minimum absolute atomic E-state index is 0.205. The molecule has 0 aromatic heterocycles. The molecular weight excluding hydrogens is 352 g/mol. The Kier molecular flexibility index (Phi) is 4.79. The van der Waals surface area contributed by atoms with Gasteiger partial charge in [0.05, 0.1) is 17.3 Å². The van der Waals surface area contributed by atoms with Crippen molar-refractivity contribution >= 4 is 35.7 Å². The molecule has 106 valence electrons. The van der Waals surface area contributed by atoms with Crippen molar-refractivity contribution < 1.29 is 13.2 Å². The normalized spacial score (nSPS) is 15.7. The van der Waals surface area contributed by atoms with Crippen LogP contribution in [0.4, 0.5) is 0 Å². The van der Waals surface area contributed by atoms with Gasteiger partial charge >= 0.3 is 0 Å². The molecule has 2 rings (SSSR count). The predicted octanol–water partition coefficient (Wildman–Crippen LogP) is 3.80. The lowest BCUT2D eigenvalue weighted by Gasteiger charge is -2.16. The summed E-state index contributed by atoms with van der Waals surface area (Å²) in [5.41, 5.74) is 3.08. The van der Waals surface area contributed by atoms with Crippen molar-refractivity contribution in [1.82, 2.24) is 0 Å². The molecule has 1 aliphatic rings. The highest BCUT2D eigenvalue weighted by molar-refractivity contribution is 9.10. The second kappa shape index (κ2) is 6.02. The van der Waals surface area contributed by atoms with Crippen LogP contribution in [0.15, 0.2) is 10.5 Å². The lowest BCUT2D eigenvalue weighted by atomic mass is 9.99. The Morgan fingerprint density at radius 3 is 2.63 bits per heavy atom. The Bertz CT molecular complexity index is 584. The first-order valence-electron chi connectivity index (χ1n) is 6.22. The van der Waals surface area contributed by atoms with Gasteiger partial charge in [-0.3, -0.25) is 0 Å². The van der Waals surface area contributed by atoms with E-state index in [1.54, 1.807) is 7.11 Å². The van der Waals surface area contributed by atoms with Gasteiger partial charge in [0.2, 0.25) is 9.05 Å². The van der Waals surface area contributed by atoms with E-state index in [4.69, 9.17) is 15.4 Å². The van der Waals surface area contributed by atoms with E-state index in [0.29, 0.717) is 11.3 Å². The van der Waals surface area contributed by atoms with E-state index >= 15 is 0 Å². The zero-order valence-corrected chi connectivity index (χ0v) is 13.9. The molecule has 1 aliphatic carbocycles. The van der Waals surface area contributed by atoms with Gasteiger partial charge in [0.15, 0.2) is 0 Å². The van der Waals surface area contributed by atoms with Crippen LogP contribution in [0.25, 0.3) is 0 Å². The Morgan fingerprint density at radius 2 is 2.00 bits per heavy atom. The summed E-state index contributed by atoms with van der Waals surface area (Å²) in [4.78, 5) is 0. The molecule has 0 amide bonds. The van der Waals surface area contributed by atoms with Crippen LogP contribution < -0.4 is 4.74 Å². The molecule has 1 aromatic rings. The van der Waals surface area contributed by atoms with E-state index in [1.807, 2.05) is 6.07 Å². The zero-order valence-electron chi connectivity index (χ0n) is 10.7. The molecule has 0 heterocycles. The van der Waals surface area contributed by atoms with Gasteiger partial charge in [-0.25, -0.2) is 8.42 Å². The number of fused-ring (bicyclic) bond motifs is 1. The third kappa shape index (κ3) is 3.64. The van der Waals surface area contributed by atoms with Gasteiger partial charge in [-0.15, -0.1) is 0 Å². The molecule has 1 aromatic carbocycles. The topological polar surface area (TPSA) is 43.4 Å². The molecular formula is C13H16BrClO3S. The first kappa shape index (κ1) is 15.1. The number of benzene rings is 1. The third-order valence-electron chi connectivity index (χ3n) is 3.40. The van der Waals surface area contributed by atoms with E-state index in [2.05, 4.69) is 15.9 Å². The molecule has 0 bridgehead atoms. The number of aryl methyl sites for hydroxylation is 1. The summed E-state index contributed by atoms with van der Waals surface area (Å²) in [6, 6.07) is 1.93. The van der Waals surface area contributed by atoms with Gasteiger partial charge < -0.3 is 4.74 Å². The molecule has 6 heteroatoms. The molecule has 3 nitrogen and oxygen atoms in total. The number of hydrogen-bond donors (Lipinski definition) is 0. The van der Waals surface area contributed by atoms with Gasteiger partial charge in [0.1, 0.15) is 5.75 Å². The SMILES string of the molecule is COc1c(CS(=O)(=O)Cl)cc2c(c1Br)CCCCC2. The monoisotopic (exact) mass is 366 g/mol. The third-order valence-corrected chi connectivity index (χ3v) is 5.22. The van der Waals surface area contributed by atoms with Crippen LogP contribution >= 0.6 is 26.6 Å². The summed E-state index contributed by atoms with van der Waals surface area (Å²) in [6.45, 7) is 0. The van der Waals surface area contributed by atoms with Crippen molar-refractivity contribution in [2.24, 2.45) is 0 Å². The maximum absolute atomic E-state index is 11.3. The molecule has 0 radical (unpaired) electrons. The van der Waals surface area contributed by atoms with Crippen molar-refractivity contribution in [2.45, 2.75) is 37.9 Å². The average molecular weight is 368 g/mol. The molecule has 0 unspecified atom stereocenters. The number of hydrogen-bond acceptors (Lipinski definition) is 3. The van der Waals surface area contributed by atoms with Crippen LogP contribution in [-0.2, 0) is 27.6 Å². The van der Waals surface area contributed by atoms with Crippen LogP contribution in [-0.4, -0.2) is 15.5 Å². The van der Waals surface area contributed by atoms with Gasteiger partial charge in [-0.1, -0.05) is 12.5 Å². The Labute approximate surface area is 126 Å². The largest absolute Gasteiger partial charge is 0.495 e. The van der Waals surface area contributed by atoms with Crippen LogP contribution in [0.1, 0.15) is 36.0 Å².